The van der Waals surface area contributed by atoms with Crippen molar-refractivity contribution < 1.29 is 9.53 Å². The first-order valence-corrected chi connectivity index (χ1v) is 10.6. The number of hydrogen-bond donors (Lipinski definition) is 3. The van der Waals surface area contributed by atoms with Crippen LogP contribution in [0.25, 0.3) is 0 Å². The average molecular weight is 535 g/mol. The van der Waals surface area contributed by atoms with Gasteiger partial charge in [-0.25, -0.2) is 0 Å². The SMILES string of the molecule is CCNC(=NCC1(c2cccc(Cl)c2)CCOCC1)NCCNC(=O)C1CC1.I. The molecular formula is C21H32ClIN4O2. The van der Waals surface area contributed by atoms with Crippen LogP contribution in [0.2, 0.25) is 5.02 Å². The number of aliphatic imine (C=N–C) groups is 1. The summed E-state index contributed by atoms with van der Waals surface area (Å²) in [6.07, 6.45) is 3.90. The maximum absolute atomic E-state index is 11.7. The number of nitrogens with zero attached hydrogens (tertiary/aromatic N) is 1. The van der Waals surface area contributed by atoms with Crippen LogP contribution in [0.15, 0.2) is 29.3 Å². The van der Waals surface area contributed by atoms with Gasteiger partial charge in [0.25, 0.3) is 0 Å². The predicted octanol–water partition coefficient (Wildman–Crippen LogP) is 3.09. The Morgan fingerprint density at radius 2 is 1.93 bits per heavy atom. The number of benzene rings is 1. The van der Waals surface area contributed by atoms with E-state index >= 15 is 0 Å². The quantitative estimate of drug-likeness (QED) is 0.207. The van der Waals surface area contributed by atoms with Crippen LogP contribution in [0.4, 0.5) is 0 Å². The van der Waals surface area contributed by atoms with Crippen molar-refractivity contribution in [3.05, 3.63) is 34.9 Å². The van der Waals surface area contributed by atoms with Gasteiger partial charge in [0.1, 0.15) is 0 Å². The average Bonchev–Trinajstić information content (AvgIpc) is 3.55. The molecule has 1 aliphatic carbocycles. The van der Waals surface area contributed by atoms with Crippen molar-refractivity contribution in [1.29, 1.82) is 0 Å². The predicted molar refractivity (Wildman–Crippen MR) is 128 cm³/mol. The second-order valence-electron chi connectivity index (χ2n) is 7.59. The zero-order chi connectivity index (χ0) is 19.8. The first-order valence-electron chi connectivity index (χ1n) is 10.3. The maximum Gasteiger partial charge on any atom is 0.223 e. The van der Waals surface area contributed by atoms with Gasteiger partial charge in [0, 0.05) is 49.2 Å². The van der Waals surface area contributed by atoms with Crippen molar-refractivity contribution >= 4 is 47.4 Å². The minimum absolute atomic E-state index is 0. The van der Waals surface area contributed by atoms with E-state index in [-0.39, 0.29) is 41.2 Å². The van der Waals surface area contributed by atoms with Crippen LogP contribution in [0.3, 0.4) is 0 Å². The van der Waals surface area contributed by atoms with E-state index in [4.69, 9.17) is 21.3 Å². The van der Waals surface area contributed by atoms with Crippen LogP contribution in [-0.2, 0) is 14.9 Å². The van der Waals surface area contributed by atoms with Crippen molar-refractivity contribution in [2.45, 2.75) is 38.0 Å². The lowest BCUT2D eigenvalue weighted by Gasteiger charge is -2.36. The summed E-state index contributed by atoms with van der Waals surface area (Å²) in [6, 6.07) is 8.10. The third-order valence-corrected chi connectivity index (χ3v) is 5.67. The standard InChI is InChI=1S/C21H31ClN4O2.HI/c1-2-23-20(25-11-10-24-19(27)16-6-7-16)26-15-21(8-12-28-13-9-21)17-4-3-5-18(22)14-17;/h3-5,14,16H,2,6-13,15H2,1H3,(H,24,27)(H2,23,25,26);1H. The highest BCUT2D eigenvalue weighted by Crippen LogP contribution is 2.36. The lowest BCUT2D eigenvalue weighted by molar-refractivity contribution is -0.122. The fourth-order valence-corrected chi connectivity index (χ4v) is 3.74. The lowest BCUT2D eigenvalue weighted by atomic mass is 9.74. The molecule has 1 heterocycles. The molecule has 0 spiro atoms. The van der Waals surface area contributed by atoms with E-state index in [0.29, 0.717) is 19.6 Å². The lowest BCUT2D eigenvalue weighted by Crippen LogP contribution is -2.43. The zero-order valence-corrected chi connectivity index (χ0v) is 20.1. The molecule has 162 valence electrons. The molecule has 8 heteroatoms. The first kappa shape index (κ1) is 24.2. The summed E-state index contributed by atoms with van der Waals surface area (Å²) >= 11 is 6.25. The van der Waals surface area contributed by atoms with Gasteiger partial charge in [-0.15, -0.1) is 24.0 Å². The molecule has 6 nitrogen and oxygen atoms in total. The fourth-order valence-electron chi connectivity index (χ4n) is 3.55. The van der Waals surface area contributed by atoms with E-state index in [1.54, 1.807) is 0 Å². The van der Waals surface area contributed by atoms with E-state index in [0.717, 1.165) is 56.4 Å². The Morgan fingerprint density at radius 3 is 2.59 bits per heavy atom. The molecule has 0 atom stereocenters. The Bertz CT molecular complexity index is 691. The summed E-state index contributed by atoms with van der Waals surface area (Å²) in [6.45, 7) is 6.23. The Kier molecular flexibility index (Phi) is 9.98. The molecule has 3 N–H and O–H groups in total. The first-order chi connectivity index (χ1) is 13.6. The van der Waals surface area contributed by atoms with Crippen LogP contribution in [0, 0.1) is 5.92 Å². The zero-order valence-electron chi connectivity index (χ0n) is 17.0. The van der Waals surface area contributed by atoms with Gasteiger partial charge < -0.3 is 20.7 Å². The third kappa shape index (κ3) is 7.29. The molecule has 1 amide bonds. The van der Waals surface area contributed by atoms with E-state index < -0.39 is 0 Å². The Balaban J connectivity index is 0.00000300. The van der Waals surface area contributed by atoms with Crippen LogP contribution in [0.5, 0.6) is 0 Å². The number of carbonyl (C=O) groups is 1. The van der Waals surface area contributed by atoms with Gasteiger partial charge in [0.2, 0.25) is 5.91 Å². The van der Waals surface area contributed by atoms with E-state index in [2.05, 4.69) is 28.1 Å². The van der Waals surface area contributed by atoms with Crippen molar-refractivity contribution in [1.82, 2.24) is 16.0 Å². The summed E-state index contributed by atoms with van der Waals surface area (Å²) in [5, 5.41) is 10.3. The van der Waals surface area contributed by atoms with Crippen molar-refractivity contribution in [2.75, 3.05) is 39.4 Å². The van der Waals surface area contributed by atoms with Crippen LogP contribution < -0.4 is 16.0 Å². The highest BCUT2D eigenvalue weighted by atomic mass is 127. The number of nitrogens with one attached hydrogen (secondary N) is 3. The molecule has 2 fully saturated rings. The highest BCUT2D eigenvalue weighted by molar-refractivity contribution is 14.0. The minimum Gasteiger partial charge on any atom is -0.381 e. The van der Waals surface area contributed by atoms with Crippen LogP contribution in [-0.4, -0.2) is 51.3 Å². The molecule has 1 aromatic rings. The Labute approximate surface area is 195 Å². The van der Waals surface area contributed by atoms with E-state index in [1.165, 1.54) is 5.56 Å². The van der Waals surface area contributed by atoms with Gasteiger partial charge in [-0.05, 0) is 50.3 Å². The molecular weight excluding hydrogens is 503 g/mol. The smallest absolute Gasteiger partial charge is 0.223 e. The minimum atomic E-state index is -0.0638. The molecule has 2 aliphatic rings. The van der Waals surface area contributed by atoms with Crippen molar-refractivity contribution in [2.24, 2.45) is 10.9 Å². The molecule has 1 saturated carbocycles. The normalized spacial score (nSPS) is 18.5. The number of ether oxygens (including phenoxy) is 1. The largest absolute Gasteiger partial charge is 0.381 e. The van der Waals surface area contributed by atoms with Crippen molar-refractivity contribution in [3.8, 4) is 0 Å². The van der Waals surface area contributed by atoms with E-state index in [9.17, 15) is 4.79 Å². The number of amides is 1. The number of hydrogen-bond acceptors (Lipinski definition) is 3. The summed E-state index contributed by atoms with van der Waals surface area (Å²) in [5.41, 5.74) is 1.16. The topological polar surface area (TPSA) is 74.8 Å². The molecule has 29 heavy (non-hydrogen) atoms. The number of halogens is 2. The van der Waals surface area contributed by atoms with Crippen molar-refractivity contribution in [3.63, 3.8) is 0 Å². The fraction of sp³-hybridized carbons (Fsp3) is 0.619. The molecule has 1 saturated heterocycles. The molecule has 0 bridgehead atoms. The summed E-state index contributed by atoms with van der Waals surface area (Å²) < 4.78 is 5.60. The van der Waals surface area contributed by atoms with Gasteiger partial charge in [0.15, 0.2) is 5.96 Å². The Morgan fingerprint density at radius 1 is 1.21 bits per heavy atom. The monoisotopic (exact) mass is 534 g/mol. The van der Waals surface area contributed by atoms with Gasteiger partial charge in [0.05, 0.1) is 6.54 Å². The van der Waals surface area contributed by atoms with Gasteiger partial charge >= 0.3 is 0 Å². The molecule has 1 aromatic carbocycles. The van der Waals surface area contributed by atoms with Crippen LogP contribution >= 0.6 is 35.6 Å². The third-order valence-electron chi connectivity index (χ3n) is 5.44. The van der Waals surface area contributed by atoms with Crippen LogP contribution in [0.1, 0.15) is 38.2 Å². The summed E-state index contributed by atoms with van der Waals surface area (Å²) in [5.74, 6) is 1.19. The maximum atomic E-state index is 11.7. The summed E-state index contributed by atoms with van der Waals surface area (Å²) in [4.78, 5) is 16.6. The molecule has 1 aliphatic heterocycles. The second-order valence-corrected chi connectivity index (χ2v) is 8.03. The molecule has 0 unspecified atom stereocenters. The molecule has 0 radical (unpaired) electrons. The number of rotatable bonds is 8. The highest BCUT2D eigenvalue weighted by Gasteiger charge is 2.34. The second kappa shape index (κ2) is 12.0. The van der Waals surface area contributed by atoms with E-state index in [1.807, 2.05) is 19.1 Å². The molecule has 0 aromatic heterocycles. The van der Waals surface area contributed by atoms with Gasteiger partial charge in [-0.2, -0.15) is 0 Å². The Hall–Kier alpha value is -1.06. The molecule has 3 rings (SSSR count). The van der Waals surface area contributed by atoms with Gasteiger partial charge in [-0.1, -0.05) is 23.7 Å². The van der Waals surface area contributed by atoms with Gasteiger partial charge in [-0.3, -0.25) is 9.79 Å². The number of carbonyl (C=O) groups excluding carboxylic acids is 1. The number of guanidine groups is 1. The summed E-state index contributed by atoms with van der Waals surface area (Å²) in [7, 11) is 0.